The van der Waals surface area contributed by atoms with E-state index in [0.717, 1.165) is 12.1 Å². The second kappa shape index (κ2) is 5.24. The van der Waals surface area contributed by atoms with E-state index >= 15 is 0 Å². The number of nitrogens with one attached hydrogen (secondary N) is 1. The molecule has 2 rings (SSSR count). The largest absolute Gasteiger partial charge is 0.353 e. The fourth-order valence-electron chi connectivity index (χ4n) is 1.99. The van der Waals surface area contributed by atoms with E-state index in [9.17, 15) is 24.1 Å². The number of halogens is 1. The summed E-state index contributed by atoms with van der Waals surface area (Å²) in [6, 6.07) is 1.96. The van der Waals surface area contributed by atoms with Gasteiger partial charge in [-0.1, -0.05) is 0 Å². The van der Waals surface area contributed by atoms with E-state index in [1.54, 1.807) is 0 Å². The van der Waals surface area contributed by atoms with Crippen molar-refractivity contribution >= 4 is 17.5 Å². The number of amides is 2. The van der Waals surface area contributed by atoms with Crippen LogP contribution in [0.4, 0.5) is 10.1 Å². The van der Waals surface area contributed by atoms with Crippen molar-refractivity contribution in [2.24, 2.45) is 0 Å². The van der Waals surface area contributed by atoms with Crippen molar-refractivity contribution in [1.29, 1.82) is 0 Å². The number of hydrogen-bond donors (Lipinski definition) is 1. The lowest BCUT2D eigenvalue weighted by Crippen LogP contribution is -2.50. The number of benzene rings is 1. The molecule has 1 aromatic rings. The molecule has 0 radical (unpaired) electrons. The molecule has 1 fully saturated rings. The Kier molecular flexibility index (Phi) is 3.64. The molecular formula is C12H12FN3O4. The third-order valence-corrected chi connectivity index (χ3v) is 3.01. The normalized spacial score (nSPS) is 14.9. The molecule has 0 spiro atoms. The molecule has 1 saturated heterocycles. The van der Waals surface area contributed by atoms with Gasteiger partial charge in [0.25, 0.3) is 11.6 Å². The first-order valence-corrected chi connectivity index (χ1v) is 5.90. The molecule has 0 aliphatic carbocycles. The third-order valence-electron chi connectivity index (χ3n) is 3.01. The van der Waals surface area contributed by atoms with Gasteiger partial charge in [0.1, 0.15) is 5.82 Å². The lowest BCUT2D eigenvalue weighted by atomic mass is 10.1. The molecule has 1 aliphatic rings. The van der Waals surface area contributed by atoms with Gasteiger partial charge in [-0.15, -0.1) is 0 Å². The Labute approximate surface area is 113 Å². The predicted molar refractivity (Wildman–Crippen MR) is 66.7 cm³/mol. The average Bonchev–Trinajstić information content (AvgIpc) is 2.40. The summed E-state index contributed by atoms with van der Waals surface area (Å²) in [6.07, 6.45) is 0. The van der Waals surface area contributed by atoms with E-state index in [1.807, 2.05) is 0 Å². The number of aryl methyl sites for hydroxylation is 1. The van der Waals surface area contributed by atoms with Crippen molar-refractivity contribution in [2.45, 2.75) is 6.92 Å². The van der Waals surface area contributed by atoms with Gasteiger partial charge < -0.3 is 10.2 Å². The lowest BCUT2D eigenvalue weighted by Gasteiger charge is -2.26. The molecule has 1 aromatic carbocycles. The molecule has 0 saturated carbocycles. The maximum absolute atomic E-state index is 14.0. The molecule has 0 unspecified atom stereocenters. The molecule has 1 aliphatic heterocycles. The highest BCUT2D eigenvalue weighted by Crippen LogP contribution is 2.22. The molecule has 7 nitrogen and oxygen atoms in total. The Morgan fingerprint density at radius 2 is 2.20 bits per heavy atom. The molecule has 0 bridgehead atoms. The van der Waals surface area contributed by atoms with Crippen LogP contribution < -0.4 is 5.32 Å². The first-order chi connectivity index (χ1) is 9.40. The molecule has 8 heteroatoms. The fourth-order valence-corrected chi connectivity index (χ4v) is 1.99. The van der Waals surface area contributed by atoms with Crippen LogP contribution in [0.1, 0.15) is 15.9 Å². The smallest absolute Gasteiger partial charge is 0.270 e. The van der Waals surface area contributed by atoms with Crippen LogP contribution in [0.25, 0.3) is 0 Å². The summed E-state index contributed by atoms with van der Waals surface area (Å²) in [5, 5.41) is 13.3. The van der Waals surface area contributed by atoms with E-state index in [1.165, 1.54) is 11.8 Å². The zero-order chi connectivity index (χ0) is 14.9. The van der Waals surface area contributed by atoms with Crippen LogP contribution in [0.2, 0.25) is 0 Å². The second-order valence-corrected chi connectivity index (χ2v) is 4.46. The highest BCUT2D eigenvalue weighted by Gasteiger charge is 2.27. The quantitative estimate of drug-likeness (QED) is 0.635. The molecule has 2 amide bonds. The van der Waals surface area contributed by atoms with Crippen molar-refractivity contribution in [3.8, 4) is 0 Å². The van der Waals surface area contributed by atoms with E-state index in [-0.39, 0.29) is 42.4 Å². The standard InChI is InChI=1S/C12H12FN3O4/c1-7-4-8(16(19)20)5-9(11(7)13)12(18)15-3-2-14-10(17)6-15/h4-5H,2-3,6H2,1H3,(H,14,17). The molecule has 106 valence electrons. The van der Waals surface area contributed by atoms with Crippen LogP contribution in [-0.4, -0.2) is 41.3 Å². The van der Waals surface area contributed by atoms with Gasteiger partial charge in [-0.05, 0) is 12.5 Å². The van der Waals surface area contributed by atoms with Crippen molar-refractivity contribution in [2.75, 3.05) is 19.6 Å². The molecule has 20 heavy (non-hydrogen) atoms. The molecule has 0 atom stereocenters. The van der Waals surface area contributed by atoms with Gasteiger partial charge in [-0.3, -0.25) is 19.7 Å². The van der Waals surface area contributed by atoms with E-state index in [2.05, 4.69) is 5.32 Å². The molecular weight excluding hydrogens is 269 g/mol. The monoisotopic (exact) mass is 281 g/mol. The third kappa shape index (κ3) is 2.58. The first-order valence-electron chi connectivity index (χ1n) is 5.90. The van der Waals surface area contributed by atoms with Crippen LogP contribution in [0, 0.1) is 22.9 Å². The van der Waals surface area contributed by atoms with Crippen LogP contribution >= 0.6 is 0 Å². The maximum atomic E-state index is 14.0. The van der Waals surface area contributed by atoms with Gasteiger partial charge in [0.15, 0.2) is 0 Å². The van der Waals surface area contributed by atoms with E-state index < -0.39 is 16.6 Å². The summed E-state index contributed by atoms with van der Waals surface area (Å²) in [5.74, 6) is -1.86. The number of piperazine rings is 1. The molecule has 1 N–H and O–H groups in total. The molecule has 0 aromatic heterocycles. The number of nitro benzene ring substituents is 1. The van der Waals surface area contributed by atoms with Gasteiger partial charge in [0, 0.05) is 25.2 Å². The minimum atomic E-state index is -0.799. The Bertz CT molecular complexity index is 603. The Morgan fingerprint density at radius 1 is 1.50 bits per heavy atom. The Balaban J connectivity index is 2.38. The van der Waals surface area contributed by atoms with Crippen LogP contribution in [0.5, 0.6) is 0 Å². The number of hydrogen-bond acceptors (Lipinski definition) is 4. The Hall–Kier alpha value is -2.51. The summed E-state index contributed by atoms with van der Waals surface area (Å²) in [5.41, 5.74) is -0.718. The fraction of sp³-hybridized carbons (Fsp3) is 0.333. The number of carbonyl (C=O) groups is 2. The summed E-state index contributed by atoms with van der Waals surface area (Å²) >= 11 is 0. The highest BCUT2D eigenvalue weighted by atomic mass is 19.1. The number of nitro groups is 1. The van der Waals surface area contributed by atoms with E-state index in [4.69, 9.17) is 0 Å². The van der Waals surface area contributed by atoms with Crippen LogP contribution in [-0.2, 0) is 4.79 Å². The molecule has 1 heterocycles. The number of carbonyl (C=O) groups excluding carboxylic acids is 2. The van der Waals surface area contributed by atoms with Crippen LogP contribution in [0.15, 0.2) is 12.1 Å². The summed E-state index contributed by atoms with van der Waals surface area (Å²) < 4.78 is 14.0. The van der Waals surface area contributed by atoms with Crippen molar-refractivity contribution in [3.63, 3.8) is 0 Å². The van der Waals surface area contributed by atoms with Crippen molar-refractivity contribution in [3.05, 3.63) is 39.2 Å². The van der Waals surface area contributed by atoms with Crippen molar-refractivity contribution < 1.29 is 18.9 Å². The number of nitrogens with zero attached hydrogens (tertiary/aromatic N) is 2. The zero-order valence-electron chi connectivity index (χ0n) is 10.7. The minimum Gasteiger partial charge on any atom is -0.353 e. The van der Waals surface area contributed by atoms with Gasteiger partial charge in [-0.2, -0.15) is 0 Å². The number of non-ortho nitro benzene ring substituents is 1. The second-order valence-electron chi connectivity index (χ2n) is 4.46. The zero-order valence-corrected chi connectivity index (χ0v) is 10.7. The average molecular weight is 281 g/mol. The Morgan fingerprint density at radius 3 is 2.80 bits per heavy atom. The first kappa shape index (κ1) is 13.9. The van der Waals surface area contributed by atoms with Gasteiger partial charge >= 0.3 is 0 Å². The number of rotatable bonds is 2. The highest BCUT2D eigenvalue weighted by molar-refractivity contribution is 5.98. The predicted octanol–water partition coefficient (Wildman–Crippen LogP) is 0.614. The van der Waals surface area contributed by atoms with Gasteiger partial charge in [0.05, 0.1) is 17.0 Å². The summed E-state index contributed by atoms with van der Waals surface area (Å²) in [7, 11) is 0. The van der Waals surface area contributed by atoms with E-state index in [0.29, 0.717) is 0 Å². The topological polar surface area (TPSA) is 92.6 Å². The van der Waals surface area contributed by atoms with Crippen LogP contribution in [0.3, 0.4) is 0 Å². The minimum absolute atomic E-state index is 0.0176. The van der Waals surface area contributed by atoms with Gasteiger partial charge in [-0.25, -0.2) is 4.39 Å². The SMILES string of the molecule is Cc1cc([N+](=O)[O-])cc(C(=O)N2CCNC(=O)C2)c1F. The van der Waals surface area contributed by atoms with Gasteiger partial charge in [0.2, 0.25) is 5.91 Å². The summed E-state index contributed by atoms with van der Waals surface area (Å²) in [4.78, 5) is 34.6. The van der Waals surface area contributed by atoms with Crippen molar-refractivity contribution in [1.82, 2.24) is 10.2 Å². The lowest BCUT2D eigenvalue weighted by molar-refractivity contribution is -0.385. The summed E-state index contributed by atoms with van der Waals surface area (Å²) in [6.45, 7) is 1.69. The maximum Gasteiger partial charge on any atom is 0.270 e.